The molecule has 1 aliphatic heterocycles. The number of esters is 4. The Kier molecular flexibility index (Phi) is 16.4. The Hall–Kier alpha value is -3.66. The van der Waals surface area contributed by atoms with E-state index >= 15 is 0 Å². The summed E-state index contributed by atoms with van der Waals surface area (Å²) in [4.78, 5) is 72.7. The number of ether oxygens (including phenoxy) is 6. The minimum absolute atomic E-state index is 0.0677. The van der Waals surface area contributed by atoms with Crippen LogP contribution in [0.4, 0.5) is 9.59 Å². The molecule has 296 valence electrons. The molecule has 4 rings (SSSR count). The topological polar surface area (TPSA) is 182 Å². The van der Waals surface area contributed by atoms with E-state index in [0.717, 1.165) is 27.5 Å². The van der Waals surface area contributed by atoms with Crippen LogP contribution >= 0.6 is 20.7 Å². The molecule has 2 N–H and O–H groups in total. The number of carbonyl (C=O) groups is 6. The van der Waals surface area contributed by atoms with Crippen LogP contribution in [0.15, 0.2) is 48.5 Å². The molecule has 0 radical (unpaired) electrons. The average molecular weight is 1060 g/mol. The molecular weight excluding hydrogens is 1010 g/mol. The first-order chi connectivity index (χ1) is 25.2. The molecule has 0 unspecified atom stereocenters. The number of nitrogens with one attached hydrogen (secondary N) is 2. The first kappa shape index (κ1) is 44.7. The van der Waals surface area contributed by atoms with Crippen LogP contribution in [0.2, 0.25) is 0 Å². The average Bonchev–Trinajstić information content (AvgIpc) is 3.52. The van der Waals surface area contributed by atoms with Crippen molar-refractivity contribution in [3.05, 3.63) is 63.2 Å². The van der Waals surface area contributed by atoms with Crippen molar-refractivity contribution in [3.63, 3.8) is 0 Å². The first-order valence-corrected chi connectivity index (χ1v) is 20.8. The Labute approximate surface area is 340 Å². The van der Waals surface area contributed by atoms with Crippen molar-refractivity contribution in [3.8, 4) is 0 Å². The van der Waals surface area contributed by atoms with E-state index in [4.69, 9.17) is 28.4 Å². The van der Waals surface area contributed by atoms with Crippen LogP contribution in [0.25, 0.3) is 0 Å². The Morgan fingerprint density at radius 2 is 1.11 bits per heavy atom. The number of alkyl carbamates (subject to hydrolysis) is 2. The number of carbonyl (C=O) groups excluding carboxylic acids is 6. The quantitative estimate of drug-likeness (QED) is 0.205. The van der Waals surface area contributed by atoms with Gasteiger partial charge in [-0.2, -0.15) is 0 Å². The van der Waals surface area contributed by atoms with E-state index in [0.29, 0.717) is 19.3 Å². The molecule has 2 aliphatic rings. The van der Waals surface area contributed by atoms with Crippen molar-refractivity contribution in [1.29, 1.82) is 0 Å². The third kappa shape index (κ3) is 14.9. The summed E-state index contributed by atoms with van der Waals surface area (Å²) in [5.41, 5.74) is 0.391. The fourth-order valence-corrected chi connectivity index (χ4v) is 7.67. The van der Waals surface area contributed by atoms with Crippen molar-refractivity contribution < 1.29 is 81.9 Å². The maximum atomic E-state index is 12.5. The van der Waals surface area contributed by atoms with Gasteiger partial charge < -0.3 is 24.3 Å². The van der Waals surface area contributed by atoms with Crippen LogP contribution in [-0.2, 0) is 60.4 Å². The molecule has 54 heavy (non-hydrogen) atoms. The number of hydrogen-bond acceptors (Lipinski definition) is 12. The van der Waals surface area contributed by atoms with Gasteiger partial charge in [-0.25, -0.2) is 19.2 Å². The fourth-order valence-electron chi connectivity index (χ4n) is 5.18. The summed E-state index contributed by atoms with van der Waals surface area (Å²) in [6.45, 7) is 10.5. The second kappa shape index (κ2) is 19.8. The minimum atomic E-state index is -1.10. The van der Waals surface area contributed by atoms with E-state index in [9.17, 15) is 28.8 Å². The van der Waals surface area contributed by atoms with Crippen molar-refractivity contribution in [2.24, 2.45) is 0 Å². The molecule has 1 heterocycles. The number of methoxy groups -OCH3 is 2. The molecule has 0 aromatic heterocycles. The molecule has 2 aromatic carbocycles. The molecule has 1 spiro atoms. The summed E-state index contributed by atoms with van der Waals surface area (Å²) in [6, 6.07) is 13.3. The molecule has 14 nitrogen and oxygen atoms in total. The number of amides is 2. The molecule has 1 aliphatic carbocycles. The van der Waals surface area contributed by atoms with Gasteiger partial charge in [-0.15, -0.1) is 0 Å². The molecule has 2 amide bonds. The zero-order valence-corrected chi connectivity index (χ0v) is 36.8. The van der Waals surface area contributed by atoms with Crippen molar-refractivity contribution in [2.75, 3.05) is 14.2 Å². The summed E-state index contributed by atoms with van der Waals surface area (Å²) >= 11 is 0.482. The van der Waals surface area contributed by atoms with Crippen LogP contribution in [-0.4, -0.2) is 82.9 Å². The first-order valence-electron chi connectivity index (χ1n) is 17.2. The van der Waals surface area contributed by atoms with Crippen LogP contribution < -0.4 is 13.9 Å². The van der Waals surface area contributed by atoms with E-state index in [2.05, 4.69) is 10.6 Å². The Bertz CT molecular complexity index is 1670. The van der Waals surface area contributed by atoms with Gasteiger partial charge in [-0.05, 0) is 51.3 Å². The van der Waals surface area contributed by atoms with Crippen LogP contribution in [0.5, 0.6) is 0 Å². The van der Waals surface area contributed by atoms with Gasteiger partial charge in [0.05, 0.1) is 7.11 Å². The molecule has 2 aromatic rings. The SMILES string of the molecule is COC(=O)[C@H](Cc1ccc(I=C2C(=O)OC3(CCCC3)OC2=O)cc1)NC(=O)OC(C)(C)C.COC(=O)[C@H](Cc1ccc([211At])cc1)NC(=O)OC(C)(C)C. The predicted octanol–water partition coefficient (Wildman–Crippen LogP) is 4.45. The van der Waals surface area contributed by atoms with Gasteiger partial charge in [-0.3, -0.25) is 0 Å². The summed E-state index contributed by atoms with van der Waals surface area (Å²) < 4.78 is 32.9. The second-order valence-corrected chi connectivity index (χ2v) is 19.0. The molecule has 1 saturated carbocycles. The number of rotatable bonds is 9. The van der Waals surface area contributed by atoms with Gasteiger partial charge in [0.25, 0.3) is 5.79 Å². The van der Waals surface area contributed by atoms with Gasteiger partial charge >= 0.3 is 164 Å². The summed E-state index contributed by atoms with van der Waals surface area (Å²) in [7, 11) is 2.54. The van der Waals surface area contributed by atoms with Gasteiger partial charge in [0.2, 0.25) is 0 Å². The third-order valence-corrected chi connectivity index (χ3v) is 11.3. The van der Waals surface area contributed by atoms with Crippen molar-refractivity contribution >= 4 is 63.6 Å². The zero-order chi connectivity index (χ0) is 40.3. The summed E-state index contributed by atoms with van der Waals surface area (Å²) in [5.74, 6) is -3.34. The fraction of sp³-hybridized carbons (Fsp3) is 0.500. The third-order valence-electron chi connectivity index (χ3n) is 7.54. The normalized spacial score (nSPS) is 16.1. The predicted molar refractivity (Wildman–Crippen MR) is 201 cm³/mol. The van der Waals surface area contributed by atoms with Gasteiger partial charge in [0.1, 0.15) is 11.6 Å². The van der Waals surface area contributed by atoms with E-state index in [-0.39, 0.29) is 9.93 Å². The molecule has 16 heteroatoms. The Morgan fingerprint density at radius 1 is 0.722 bits per heavy atom. The van der Waals surface area contributed by atoms with Crippen LogP contribution in [0, 0.1) is 28.3 Å². The molecule has 1 saturated heterocycles. The van der Waals surface area contributed by atoms with Crippen LogP contribution in [0.3, 0.4) is 0 Å². The van der Waals surface area contributed by atoms with Crippen LogP contribution in [0.1, 0.15) is 78.4 Å². The molecule has 2 fully saturated rings. The Morgan fingerprint density at radius 3 is 1.48 bits per heavy atom. The van der Waals surface area contributed by atoms with E-state index in [1.165, 1.54) is 17.5 Å². The molecule has 0 bridgehead atoms. The standard InChI is InChI=1S/C23H28INO8.C15H20AtNO4/c1-22(2,3)33-21(29)25-16(18(26)30-4)13-14-7-9-15(10-8-14)24-17-19(27)31-23(32-20(17)28)11-5-6-12-23;1-15(2,3)21-14(19)17-12(13(18)20-4)9-10-5-7-11(16)8-6-10/h7-10,16H,5-6,11-13H2,1-4H3,(H,25,29);5-8,12H,9H2,1-4H3,(H,17,19)/t16-;12-/m00/s1/i;16+1. The molecule has 2 atom stereocenters. The van der Waals surface area contributed by atoms with Crippen molar-refractivity contribution in [2.45, 2.75) is 109 Å². The Balaban J connectivity index is 0.000000322. The number of hydrogen-bond donors (Lipinski definition) is 2. The zero-order valence-electron chi connectivity index (χ0n) is 31.7. The van der Waals surface area contributed by atoms with E-state index in [1.54, 1.807) is 90.5 Å². The summed E-state index contributed by atoms with van der Waals surface area (Å²) in [6.07, 6.45) is 2.02. The van der Waals surface area contributed by atoms with E-state index < -0.39 is 85.9 Å². The van der Waals surface area contributed by atoms with Gasteiger partial charge in [0, 0.05) is 22.8 Å². The molecular formula is C38H48AtIN2O12. The van der Waals surface area contributed by atoms with Crippen molar-refractivity contribution in [1.82, 2.24) is 10.6 Å². The monoisotopic (exact) mass is 1060 g/mol. The number of benzene rings is 2. The maximum absolute atomic E-state index is 12.5. The van der Waals surface area contributed by atoms with Gasteiger partial charge in [0.15, 0.2) is 3.51 Å². The second-order valence-electron chi connectivity index (χ2n) is 14.4. The van der Waals surface area contributed by atoms with E-state index in [1.807, 2.05) is 24.3 Å². The number of halogens is 1. The summed E-state index contributed by atoms with van der Waals surface area (Å²) in [5, 5.41) is 5.09. The van der Waals surface area contributed by atoms with Gasteiger partial charge in [-0.1, -0.05) is 32.9 Å².